The largest absolute Gasteiger partial charge is 0.388 e. The highest BCUT2D eigenvalue weighted by molar-refractivity contribution is 7.80. The van der Waals surface area contributed by atoms with Crippen molar-refractivity contribution in [3.05, 3.63) is 35.2 Å². The highest BCUT2D eigenvalue weighted by Crippen LogP contribution is 2.11. The van der Waals surface area contributed by atoms with Crippen LogP contribution in [0.1, 0.15) is 22.8 Å². The van der Waals surface area contributed by atoms with Crippen LogP contribution in [0.25, 0.3) is 5.95 Å². The molecule has 5 nitrogen and oxygen atoms in total. The molecule has 2 N–H and O–H groups in total. The standard InChI is InChI=1S/C11H13N5S/c1-6-4-9(10(12)17)15-11(14-6)16-5-13-7(2)8(16)3/h4-5H,1-3H3,(H2,12,17). The molecule has 2 aromatic rings. The Labute approximate surface area is 105 Å². The molecule has 0 aromatic carbocycles. The van der Waals surface area contributed by atoms with Gasteiger partial charge in [-0.05, 0) is 26.8 Å². The zero-order chi connectivity index (χ0) is 12.6. The lowest BCUT2D eigenvalue weighted by Gasteiger charge is -2.06. The minimum absolute atomic E-state index is 0.270. The molecule has 0 saturated carbocycles. The van der Waals surface area contributed by atoms with Gasteiger partial charge in [0.15, 0.2) is 0 Å². The third kappa shape index (κ3) is 2.16. The summed E-state index contributed by atoms with van der Waals surface area (Å²) in [6.07, 6.45) is 1.70. The summed E-state index contributed by atoms with van der Waals surface area (Å²) in [5.74, 6) is 0.547. The van der Waals surface area contributed by atoms with Crippen LogP contribution in [0.15, 0.2) is 12.4 Å². The first-order valence-electron chi connectivity index (χ1n) is 5.15. The molecule has 0 radical (unpaired) electrons. The molecule has 0 atom stereocenters. The van der Waals surface area contributed by atoms with E-state index in [1.165, 1.54) is 0 Å². The molecule has 6 heteroatoms. The third-order valence-electron chi connectivity index (χ3n) is 2.56. The van der Waals surface area contributed by atoms with Crippen molar-refractivity contribution in [2.24, 2.45) is 5.73 Å². The molecule has 0 fully saturated rings. The van der Waals surface area contributed by atoms with Gasteiger partial charge in [0.25, 0.3) is 0 Å². The Balaban J connectivity index is 2.60. The van der Waals surface area contributed by atoms with Gasteiger partial charge in [-0.25, -0.2) is 15.0 Å². The molecule has 2 rings (SSSR count). The smallest absolute Gasteiger partial charge is 0.236 e. The van der Waals surface area contributed by atoms with E-state index in [-0.39, 0.29) is 4.99 Å². The second kappa shape index (κ2) is 4.21. The van der Waals surface area contributed by atoms with E-state index in [2.05, 4.69) is 15.0 Å². The number of thiocarbonyl (C=S) groups is 1. The number of hydrogen-bond donors (Lipinski definition) is 1. The summed E-state index contributed by atoms with van der Waals surface area (Å²) in [4.78, 5) is 13.2. The van der Waals surface area contributed by atoms with E-state index < -0.39 is 0 Å². The van der Waals surface area contributed by atoms with E-state index in [1.807, 2.05) is 25.3 Å². The maximum Gasteiger partial charge on any atom is 0.236 e. The molecular formula is C11H13N5S. The summed E-state index contributed by atoms with van der Waals surface area (Å²) >= 11 is 4.93. The Bertz CT molecular complexity index is 588. The van der Waals surface area contributed by atoms with Crippen LogP contribution in [0, 0.1) is 20.8 Å². The number of nitrogens with two attached hydrogens (primary N) is 1. The molecule has 0 aliphatic heterocycles. The number of rotatable bonds is 2. The monoisotopic (exact) mass is 247 g/mol. The van der Waals surface area contributed by atoms with Crippen LogP contribution in [-0.4, -0.2) is 24.5 Å². The molecule has 17 heavy (non-hydrogen) atoms. The van der Waals surface area contributed by atoms with E-state index in [9.17, 15) is 0 Å². The maximum atomic E-state index is 5.59. The third-order valence-corrected chi connectivity index (χ3v) is 2.77. The van der Waals surface area contributed by atoms with Crippen molar-refractivity contribution in [1.29, 1.82) is 0 Å². The van der Waals surface area contributed by atoms with Crippen LogP contribution in [-0.2, 0) is 0 Å². The van der Waals surface area contributed by atoms with Crippen LogP contribution < -0.4 is 5.73 Å². The van der Waals surface area contributed by atoms with E-state index in [0.29, 0.717) is 11.6 Å². The van der Waals surface area contributed by atoms with Crippen LogP contribution >= 0.6 is 12.2 Å². The van der Waals surface area contributed by atoms with Crippen LogP contribution in [0.3, 0.4) is 0 Å². The van der Waals surface area contributed by atoms with Crippen molar-refractivity contribution >= 4 is 17.2 Å². The van der Waals surface area contributed by atoms with Crippen LogP contribution in [0.5, 0.6) is 0 Å². The van der Waals surface area contributed by atoms with Crippen molar-refractivity contribution in [1.82, 2.24) is 19.5 Å². The zero-order valence-corrected chi connectivity index (χ0v) is 10.7. The zero-order valence-electron chi connectivity index (χ0n) is 9.93. The SMILES string of the molecule is Cc1cc(C(N)=S)nc(-n2cnc(C)c2C)n1. The first-order valence-corrected chi connectivity index (χ1v) is 5.56. The van der Waals surface area contributed by atoms with Gasteiger partial charge in [0.1, 0.15) is 17.0 Å². The Kier molecular flexibility index (Phi) is 2.89. The minimum Gasteiger partial charge on any atom is -0.388 e. The summed E-state index contributed by atoms with van der Waals surface area (Å²) in [5, 5.41) is 0. The number of nitrogens with zero attached hydrogens (tertiary/aromatic N) is 4. The molecule has 0 saturated heterocycles. The molecule has 0 aliphatic carbocycles. The van der Waals surface area contributed by atoms with E-state index >= 15 is 0 Å². The van der Waals surface area contributed by atoms with Crippen LogP contribution in [0.2, 0.25) is 0 Å². The lowest BCUT2D eigenvalue weighted by atomic mass is 10.3. The second-order valence-electron chi connectivity index (χ2n) is 3.84. The predicted octanol–water partition coefficient (Wildman–Crippen LogP) is 1.22. The Morgan fingerprint density at radius 2 is 2.00 bits per heavy atom. The fraction of sp³-hybridized carbons (Fsp3) is 0.273. The number of imidazole rings is 1. The van der Waals surface area contributed by atoms with Gasteiger partial charge < -0.3 is 5.73 Å². The number of aromatic nitrogens is 4. The second-order valence-corrected chi connectivity index (χ2v) is 4.28. The fourth-order valence-electron chi connectivity index (χ4n) is 1.49. The number of hydrogen-bond acceptors (Lipinski definition) is 4. The summed E-state index contributed by atoms with van der Waals surface area (Å²) < 4.78 is 1.82. The summed E-state index contributed by atoms with van der Waals surface area (Å²) in [7, 11) is 0. The molecule has 0 spiro atoms. The molecule has 0 aliphatic rings. The van der Waals surface area contributed by atoms with Gasteiger partial charge in [-0.2, -0.15) is 0 Å². The predicted molar refractivity (Wildman–Crippen MR) is 69.3 cm³/mol. The summed E-state index contributed by atoms with van der Waals surface area (Å²) in [6.45, 7) is 5.79. The molecule has 0 amide bonds. The Morgan fingerprint density at radius 3 is 2.53 bits per heavy atom. The van der Waals surface area contributed by atoms with E-state index in [4.69, 9.17) is 18.0 Å². The van der Waals surface area contributed by atoms with Gasteiger partial charge in [0.2, 0.25) is 5.95 Å². The first kappa shape index (κ1) is 11.7. The maximum absolute atomic E-state index is 5.59. The fourth-order valence-corrected chi connectivity index (χ4v) is 1.59. The average molecular weight is 247 g/mol. The lowest BCUT2D eigenvalue weighted by molar-refractivity contribution is 0.878. The van der Waals surface area contributed by atoms with Crippen molar-refractivity contribution in [2.75, 3.05) is 0 Å². The first-order chi connectivity index (χ1) is 7.99. The van der Waals surface area contributed by atoms with Gasteiger partial charge >= 0.3 is 0 Å². The average Bonchev–Trinajstić information content (AvgIpc) is 2.59. The normalized spacial score (nSPS) is 10.5. The summed E-state index contributed by atoms with van der Waals surface area (Å²) in [5.41, 5.74) is 8.94. The topological polar surface area (TPSA) is 69.6 Å². The van der Waals surface area contributed by atoms with Gasteiger partial charge in [0, 0.05) is 11.4 Å². The molecule has 2 heterocycles. The Morgan fingerprint density at radius 1 is 1.29 bits per heavy atom. The summed E-state index contributed by atoms with van der Waals surface area (Å²) in [6, 6.07) is 1.77. The highest BCUT2D eigenvalue weighted by atomic mass is 32.1. The number of aryl methyl sites for hydroxylation is 2. The van der Waals surface area contributed by atoms with Crippen molar-refractivity contribution in [2.45, 2.75) is 20.8 Å². The molecule has 0 bridgehead atoms. The van der Waals surface area contributed by atoms with Crippen molar-refractivity contribution in [3.63, 3.8) is 0 Å². The highest BCUT2D eigenvalue weighted by Gasteiger charge is 2.09. The van der Waals surface area contributed by atoms with Crippen molar-refractivity contribution in [3.8, 4) is 5.95 Å². The van der Waals surface area contributed by atoms with E-state index in [1.54, 1.807) is 12.4 Å². The lowest BCUT2D eigenvalue weighted by Crippen LogP contribution is -2.15. The molecule has 2 aromatic heterocycles. The van der Waals surface area contributed by atoms with Crippen molar-refractivity contribution < 1.29 is 0 Å². The van der Waals surface area contributed by atoms with Gasteiger partial charge in [-0.3, -0.25) is 4.57 Å². The van der Waals surface area contributed by atoms with Crippen LogP contribution in [0.4, 0.5) is 0 Å². The van der Waals surface area contributed by atoms with Gasteiger partial charge in [-0.15, -0.1) is 0 Å². The molecule has 0 unspecified atom stereocenters. The quantitative estimate of drug-likeness (QED) is 0.808. The minimum atomic E-state index is 0.270. The van der Waals surface area contributed by atoms with E-state index in [0.717, 1.165) is 17.1 Å². The molecule has 88 valence electrons. The van der Waals surface area contributed by atoms with Gasteiger partial charge in [-0.1, -0.05) is 12.2 Å². The van der Waals surface area contributed by atoms with Gasteiger partial charge in [0.05, 0.1) is 5.69 Å². The Hall–Kier alpha value is -1.82. The molecular weight excluding hydrogens is 234 g/mol.